The number of carbonyl (C=O) groups excluding carboxylic acids is 1. The Morgan fingerprint density at radius 3 is 2.45 bits per heavy atom. The number of hydrogen-bond acceptors (Lipinski definition) is 5. The number of carbonyl (C=O) groups is 1. The van der Waals surface area contributed by atoms with Gasteiger partial charge in [-0.3, -0.25) is 10.1 Å². The van der Waals surface area contributed by atoms with Gasteiger partial charge in [0.05, 0.1) is 18.0 Å². The summed E-state index contributed by atoms with van der Waals surface area (Å²) in [7, 11) is 0. The summed E-state index contributed by atoms with van der Waals surface area (Å²) in [5.74, 6) is -0.787. The molecule has 0 unspecified atom stereocenters. The molecule has 0 saturated heterocycles. The molecule has 0 spiro atoms. The maximum atomic E-state index is 11.7. The van der Waals surface area contributed by atoms with Crippen LogP contribution in [0.15, 0.2) is 59.8 Å². The summed E-state index contributed by atoms with van der Waals surface area (Å²) in [5.41, 5.74) is 0.500. The average molecular weight is 271 g/mol. The van der Waals surface area contributed by atoms with Gasteiger partial charge in [0.15, 0.2) is 0 Å². The highest BCUT2D eigenvalue weighted by molar-refractivity contribution is 5.90. The number of hydrogen-bond donors (Lipinski definition) is 0. The van der Waals surface area contributed by atoms with Crippen molar-refractivity contribution in [2.24, 2.45) is 5.16 Å². The highest BCUT2D eigenvalue weighted by Crippen LogP contribution is 2.12. The van der Waals surface area contributed by atoms with Gasteiger partial charge in [-0.15, -0.1) is 0 Å². The smallest absolute Gasteiger partial charge is 0.313 e. The van der Waals surface area contributed by atoms with E-state index in [0.717, 1.165) is 0 Å². The van der Waals surface area contributed by atoms with Gasteiger partial charge in [-0.05, 0) is 17.7 Å². The van der Waals surface area contributed by atoms with Crippen LogP contribution in [0.4, 0.5) is 5.69 Å². The first-order valence-electron chi connectivity index (χ1n) is 6.14. The first kappa shape index (κ1) is 12.0. The van der Waals surface area contributed by atoms with Gasteiger partial charge in [0.2, 0.25) is 0 Å². The Bertz CT molecular complexity index is 684. The van der Waals surface area contributed by atoms with Crippen LogP contribution in [-0.4, -0.2) is 17.1 Å². The maximum absolute atomic E-state index is 11.7. The molecule has 6 heteroatoms. The summed E-state index contributed by atoms with van der Waals surface area (Å²) in [5, 5.41) is 13.9. The molecule has 100 valence electrons. The van der Waals surface area contributed by atoms with Crippen LogP contribution in [0.3, 0.4) is 0 Å². The minimum absolute atomic E-state index is 0.116. The normalized spacial score (nSPS) is 11.6. The molecule has 0 heterocycles. The fourth-order valence-electron chi connectivity index (χ4n) is 1.40. The van der Waals surface area contributed by atoms with Crippen LogP contribution in [-0.2, 0) is 4.84 Å². The second-order valence-corrected chi connectivity index (χ2v) is 3.75. The quantitative estimate of drug-likeness (QED) is 0.370. The van der Waals surface area contributed by atoms with Crippen molar-refractivity contribution in [1.29, 1.82) is 0 Å². The molecule has 0 saturated carbocycles. The third-order valence-corrected chi connectivity index (χ3v) is 2.39. The predicted octanol–water partition coefficient (Wildman–Crippen LogP) is 2.79. The molecule has 6 nitrogen and oxygen atoms in total. The highest BCUT2D eigenvalue weighted by atomic mass is 16.7. The third kappa shape index (κ3) is 3.49. The number of nitrogens with zero attached hydrogens (tertiary/aromatic N) is 2. The molecule has 0 radical (unpaired) electrons. The van der Waals surface area contributed by atoms with Crippen molar-refractivity contribution in [3.63, 3.8) is 0 Å². The van der Waals surface area contributed by atoms with E-state index in [1.165, 1.54) is 24.3 Å². The fraction of sp³-hybridized carbons (Fsp3) is 0. The largest absolute Gasteiger partial charge is 0.365 e. The minimum Gasteiger partial charge on any atom is -0.313 e. The molecule has 2 aromatic carbocycles. The van der Waals surface area contributed by atoms with Crippen LogP contribution in [0.25, 0.3) is 0 Å². The van der Waals surface area contributed by atoms with Gasteiger partial charge in [0.1, 0.15) is 0 Å². The molecule has 2 aromatic rings. The van der Waals surface area contributed by atoms with Crippen LogP contribution in [0.2, 0.25) is 0 Å². The fourth-order valence-corrected chi connectivity index (χ4v) is 1.40. The topological polar surface area (TPSA) is 81.8 Å². The Labute approximate surface area is 115 Å². The number of nitro groups is 1. The number of nitro benzene ring substituents is 1. The molecule has 0 atom stereocenters. The molecule has 20 heavy (non-hydrogen) atoms. The second kappa shape index (κ2) is 6.24. The van der Waals surface area contributed by atoms with E-state index in [2.05, 4.69) is 9.99 Å². The molecule has 0 aliphatic rings. The maximum Gasteiger partial charge on any atom is 0.365 e. The number of non-ortho nitro benzene ring substituents is 1. The van der Waals surface area contributed by atoms with Crippen LogP contribution in [0, 0.1) is 10.1 Å². The van der Waals surface area contributed by atoms with Crippen molar-refractivity contribution in [2.45, 2.75) is 0 Å². The first-order valence-corrected chi connectivity index (χ1v) is 5.64. The van der Waals surface area contributed by atoms with E-state index in [9.17, 15) is 14.9 Å². The van der Waals surface area contributed by atoms with Crippen molar-refractivity contribution >= 4 is 17.8 Å². The van der Waals surface area contributed by atoms with Gasteiger partial charge < -0.3 is 4.84 Å². The van der Waals surface area contributed by atoms with Crippen molar-refractivity contribution in [2.75, 3.05) is 0 Å². The lowest BCUT2D eigenvalue weighted by Crippen LogP contribution is -2.01. The monoisotopic (exact) mass is 271 g/mol. The number of benzene rings is 2. The van der Waals surface area contributed by atoms with E-state index in [-0.39, 0.29) is 17.4 Å². The molecular formula is C14H10N2O4. The zero-order valence-corrected chi connectivity index (χ0v) is 10.2. The molecule has 0 aromatic heterocycles. The summed E-state index contributed by atoms with van der Waals surface area (Å²) >= 11 is 0. The molecular weight excluding hydrogens is 260 g/mol. The van der Waals surface area contributed by atoms with Gasteiger partial charge in [-0.1, -0.05) is 35.5 Å². The lowest BCUT2D eigenvalue weighted by Gasteiger charge is -1.97. The van der Waals surface area contributed by atoms with Crippen LogP contribution < -0.4 is 0 Å². The Balaban J connectivity index is 2.06. The van der Waals surface area contributed by atoms with E-state index < -0.39 is 10.9 Å². The summed E-state index contributed by atoms with van der Waals surface area (Å²) in [6.07, 6.45) is -0.189. The zero-order valence-electron chi connectivity index (χ0n) is 11.2. The SMILES string of the molecule is [2H]/C(=N\OC(=O)c1ccc([N+](=O)[O-])cc1)c1ccccc1. The van der Waals surface area contributed by atoms with Gasteiger partial charge in [0, 0.05) is 12.1 Å². The van der Waals surface area contributed by atoms with E-state index in [0.29, 0.717) is 5.56 Å². The van der Waals surface area contributed by atoms with Crippen molar-refractivity contribution in [1.82, 2.24) is 0 Å². The van der Waals surface area contributed by atoms with Gasteiger partial charge >= 0.3 is 5.97 Å². The Hall–Kier alpha value is -3.02. The Morgan fingerprint density at radius 2 is 1.85 bits per heavy atom. The Kier molecular flexibility index (Phi) is 3.75. The average Bonchev–Trinajstić information content (AvgIpc) is 2.53. The molecule has 0 amide bonds. The highest BCUT2D eigenvalue weighted by Gasteiger charge is 2.10. The minimum atomic E-state index is -0.787. The lowest BCUT2D eigenvalue weighted by molar-refractivity contribution is -0.384. The van der Waals surface area contributed by atoms with Crippen LogP contribution in [0.5, 0.6) is 0 Å². The molecule has 0 bridgehead atoms. The molecule has 0 N–H and O–H groups in total. The van der Waals surface area contributed by atoms with Crippen molar-refractivity contribution in [3.8, 4) is 0 Å². The molecule has 2 rings (SSSR count). The van der Waals surface area contributed by atoms with E-state index in [1.54, 1.807) is 30.3 Å². The lowest BCUT2D eigenvalue weighted by atomic mass is 10.2. The van der Waals surface area contributed by atoms with E-state index >= 15 is 0 Å². The molecule has 0 aliphatic heterocycles. The van der Waals surface area contributed by atoms with Crippen molar-refractivity contribution in [3.05, 3.63) is 75.8 Å². The van der Waals surface area contributed by atoms with Gasteiger partial charge in [0.25, 0.3) is 5.69 Å². The summed E-state index contributed by atoms with van der Waals surface area (Å²) < 4.78 is 7.64. The van der Waals surface area contributed by atoms with Gasteiger partial charge in [-0.25, -0.2) is 4.79 Å². The van der Waals surface area contributed by atoms with Crippen LogP contribution >= 0.6 is 0 Å². The third-order valence-electron chi connectivity index (χ3n) is 2.39. The van der Waals surface area contributed by atoms with Crippen molar-refractivity contribution < 1.29 is 15.9 Å². The number of oxime groups is 1. The second-order valence-electron chi connectivity index (χ2n) is 3.75. The summed E-state index contributed by atoms with van der Waals surface area (Å²) in [6.45, 7) is 0. The van der Waals surface area contributed by atoms with E-state index in [4.69, 9.17) is 1.37 Å². The number of rotatable bonds is 4. The molecule has 0 aliphatic carbocycles. The first-order chi connectivity index (χ1) is 10.1. The van der Waals surface area contributed by atoms with E-state index in [1.807, 2.05) is 0 Å². The van der Waals surface area contributed by atoms with Crippen LogP contribution in [0.1, 0.15) is 17.3 Å². The Morgan fingerprint density at radius 1 is 1.20 bits per heavy atom. The zero-order chi connectivity index (χ0) is 15.2. The standard InChI is InChI=1S/C14H10N2O4/c17-14(12-6-8-13(9-7-12)16(18)19)20-15-10-11-4-2-1-3-5-11/h1-10H/b15-10+/i10D. The summed E-state index contributed by atoms with van der Waals surface area (Å²) in [6, 6.07) is 13.5. The predicted molar refractivity (Wildman–Crippen MR) is 72.5 cm³/mol. The molecule has 0 fully saturated rings. The summed E-state index contributed by atoms with van der Waals surface area (Å²) in [4.78, 5) is 26.2. The van der Waals surface area contributed by atoms with Gasteiger partial charge in [-0.2, -0.15) is 0 Å².